The van der Waals surface area contributed by atoms with E-state index in [0.29, 0.717) is 22.5 Å². The summed E-state index contributed by atoms with van der Waals surface area (Å²) in [5.74, 6) is -0.753. The number of nitrogens with zero attached hydrogens (tertiary/aromatic N) is 2. The Morgan fingerprint density at radius 2 is 0.759 bits per heavy atom. The first-order chi connectivity index (χ1) is 27.7. The summed E-state index contributed by atoms with van der Waals surface area (Å²) in [6, 6.07) is 44.7. The topological polar surface area (TPSA) is 133 Å². The number of anilines is 2. The van der Waals surface area contributed by atoms with Gasteiger partial charge in [0.05, 0.1) is 9.79 Å². The van der Waals surface area contributed by atoms with E-state index in [1.54, 1.807) is 24.3 Å². The molecule has 0 aliphatic heterocycles. The predicted molar refractivity (Wildman–Crippen MR) is 229 cm³/mol. The highest BCUT2D eigenvalue weighted by molar-refractivity contribution is 7.89. The smallest absolute Gasteiger partial charge is 0.255 e. The minimum absolute atomic E-state index is 0.110. The molecular formula is C46H46N4O6S2. The minimum atomic E-state index is -3.81. The molecule has 0 aliphatic carbocycles. The molecule has 0 saturated heterocycles. The molecule has 0 radical (unpaired) electrons. The van der Waals surface area contributed by atoms with Crippen molar-refractivity contribution in [3.05, 3.63) is 180 Å². The molecule has 6 rings (SSSR count). The Hall–Kier alpha value is -5.92. The summed E-state index contributed by atoms with van der Waals surface area (Å²) in [4.78, 5) is 26.4. The second-order valence-corrected chi connectivity index (χ2v) is 18.2. The van der Waals surface area contributed by atoms with E-state index in [-0.39, 0.29) is 46.8 Å². The molecule has 0 heterocycles. The van der Waals surface area contributed by atoms with Gasteiger partial charge in [-0.1, -0.05) is 84.9 Å². The van der Waals surface area contributed by atoms with Crippen molar-refractivity contribution in [2.75, 3.05) is 10.6 Å². The van der Waals surface area contributed by atoms with E-state index in [9.17, 15) is 26.4 Å². The Balaban J connectivity index is 1.04. The fraction of sp³-hybridized carbons (Fsp3) is 0.174. The highest BCUT2D eigenvalue weighted by atomic mass is 32.2. The van der Waals surface area contributed by atoms with Crippen LogP contribution in [0.1, 0.15) is 59.5 Å². The zero-order chi connectivity index (χ0) is 41.5. The molecule has 6 aromatic rings. The summed E-state index contributed by atoms with van der Waals surface area (Å²) in [5.41, 5.74) is 5.30. The highest BCUT2D eigenvalue weighted by Gasteiger charge is 2.29. The predicted octanol–water partition coefficient (Wildman–Crippen LogP) is 9.06. The van der Waals surface area contributed by atoms with Gasteiger partial charge in [-0.25, -0.2) is 16.8 Å². The van der Waals surface area contributed by atoms with Crippen LogP contribution in [0.4, 0.5) is 11.4 Å². The van der Waals surface area contributed by atoms with Crippen LogP contribution in [0.25, 0.3) is 11.1 Å². The average molecular weight is 815 g/mol. The molecule has 0 atom stereocenters. The van der Waals surface area contributed by atoms with Gasteiger partial charge in [0, 0.05) is 47.7 Å². The van der Waals surface area contributed by atoms with E-state index in [2.05, 4.69) is 10.6 Å². The average Bonchev–Trinajstić information content (AvgIpc) is 3.23. The molecular weight excluding hydrogens is 769 g/mol. The highest BCUT2D eigenvalue weighted by Crippen LogP contribution is 2.26. The number of carbonyl (C=O) groups is 2. The Morgan fingerprint density at radius 1 is 0.448 bits per heavy atom. The lowest BCUT2D eigenvalue weighted by Gasteiger charge is -2.26. The van der Waals surface area contributed by atoms with Crippen molar-refractivity contribution in [3.8, 4) is 11.1 Å². The number of hydrogen-bond acceptors (Lipinski definition) is 6. The first-order valence-electron chi connectivity index (χ1n) is 18.9. The molecule has 58 heavy (non-hydrogen) atoms. The van der Waals surface area contributed by atoms with Crippen molar-refractivity contribution >= 4 is 43.2 Å². The molecule has 10 nitrogen and oxygen atoms in total. The summed E-state index contributed by atoms with van der Waals surface area (Å²) >= 11 is 0. The Kier molecular flexibility index (Phi) is 13.0. The second-order valence-electron chi connectivity index (χ2n) is 14.4. The van der Waals surface area contributed by atoms with E-state index in [1.165, 1.54) is 57.1 Å². The largest absolute Gasteiger partial charge is 0.322 e. The van der Waals surface area contributed by atoms with Gasteiger partial charge in [-0.15, -0.1) is 0 Å². The van der Waals surface area contributed by atoms with Gasteiger partial charge in [-0.3, -0.25) is 9.59 Å². The first-order valence-corrected chi connectivity index (χ1v) is 21.8. The van der Waals surface area contributed by atoms with Crippen LogP contribution < -0.4 is 10.6 Å². The van der Waals surface area contributed by atoms with Gasteiger partial charge in [0.25, 0.3) is 11.8 Å². The van der Waals surface area contributed by atoms with Crippen LogP contribution in [0, 0.1) is 0 Å². The fourth-order valence-electron chi connectivity index (χ4n) is 6.34. The molecule has 298 valence electrons. The number of rotatable bonds is 15. The Labute approximate surface area is 341 Å². The van der Waals surface area contributed by atoms with Crippen molar-refractivity contribution in [3.63, 3.8) is 0 Å². The SMILES string of the molecule is CC(C)N(Cc1ccccc1)S(=O)(=O)c1ccc(C(=O)Nc2ccc(-c3ccc(NC(=O)c4ccc(S(=O)(=O)N(Cc5ccccc5)C(C)C)cc4)cc3)cc2)cc1. The number of sulfonamides is 2. The monoisotopic (exact) mass is 814 g/mol. The molecule has 2 N–H and O–H groups in total. The summed E-state index contributed by atoms with van der Waals surface area (Å²) < 4.78 is 57.0. The minimum Gasteiger partial charge on any atom is -0.322 e. The van der Waals surface area contributed by atoms with Gasteiger partial charge in [0.1, 0.15) is 0 Å². The summed E-state index contributed by atoms with van der Waals surface area (Å²) in [6.45, 7) is 7.80. The summed E-state index contributed by atoms with van der Waals surface area (Å²) in [7, 11) is -7.62. The van der Waals surface area contributed by atoms with Gasteiger partial charge in [0.15, 0.2) is 0 Å². The molecule has 2 amide bonds. The molecule has 12 heteroatoms. The zero-order valence-corrected chi connectivity index (χ0v) is 34.4. The molecule has 0 spiro atoms. The molecule has 0 fully saturated rings. The Morgan fingerprint density at radius 3 is 1.05 bits per heavy atom. The maximum Gasteiger partial charge on any atom is 0.255 e. The lowest BCUT2D eigenvalue weighted by Crippen LogP contribution is -2.36. The Bertz CT molecular complexity index is 2360. The third-order valence-electron chi connectivity index (χ3n) is 9.58. The van der Waals surface area contributed by atoms with Crippen molar-refractivity contribution in [1.82, 2.24) is 8.61 Å². The van der Waals surface area contributed by atoms with Gasteiger partial charge >= 0.3 is 0 Å². The zero-order valence-electron chi connectivity index (χ0n) is 32.7. The molecule has 6 aromatic carbocycles. The molecule has 0 saturated carbocycles. The van der Waals surface area contributed by atoms with Crippen LogP contribution in [-0.2, 0) is 33.1 Å². The van der Waals surface area contributed by atoms with Crippen LogP contribution in [0.15, 0.2) is 168 Å². The third kappa shape index (κ3) is 9.96. The van der Waals surface area contributed by atoms with E-state index < -0.39 is 20.0 Å². The van der Waals surface area contributed by atoms with Crippen molar-refractivity contribution in [2.45, 2.75) is 62.7 Å². The van der Waals surface area contributed by atoms with E-state index in [0.717, 1.165) is 22.3 Å². The van der Waals surface area contributed by atoms with E-state index in [4.69, 9.17) is 0 Å². The van der Waals surface area contributed by atoms with Crippen LogP contribution in [0.5, 0.6) is 0 Å². The number of benzene rings is 6. The normalized spacial score (nSPS) is 11.9. The number of nitrogens with one attached hydrogen (secondary N) is 2. The standard InChI is InChI=1S/C46H46N4O6S2/c1-33(2)49(31-35-11-7-5-8-12-35)57(53,54)43-27-19-39(20-28-43)45(51)47-41-23-15-37(16-24-41)38-17-25-42(26-18-38)48-46(52)40-21-29-44(30-22-40)58(55,56)50(34(3)4)32-36-13-9-6-10-14-36/h5-30,33-34H,31-32H2,1-4H3,(H,47,51)(H,48,52). The molecule has 0 bridgehead atoms. The van der Waals surface area contributed by atoms with Crippen molar-refractivity contribution in [1.29, 1.82) is 0 Å². The van der Waals surface area contributed by atoms with Gasteiger partial charge < -0.3 is 10.6 Å². The second kappa shape index (κ2) is 18.1. The maximum atomic E-state index is 13.5. The van der Waals surface area contributed by atoms with E-state index >= 15 is 0 Å². The quantitative estimate of drug-likeness (QED) is 0.106. The summed E-state index contributed by atoms with van der Waals surface area (Å²) in [5, 5.41) is 5.73. The van der Waals surface area contributed by atoms with Crippen molar-refractivity contribution < 1.29 is 26.4 Å². The van der Waals surface area contributed by atoms with Gasteiger partial charge in [-0.05, 0) is 123 Å². The van der Waals surface area contributed by atoms with Crippen LogP contribution in [-0.4, -0.2) is 49.3 Å². The third-order valence-corrected chi connectivity index (χ3v) is 13.7. The number of amides is 2. The van der Waals surface area contributed by atoms with Crippen LogP contribution in [0.2, 0.25) is 0 Å². The number of carbonyl (C=O) groups excluding carboxylic acids is 2. The molecule has 0 unspecified atom stereocenters. The van der Waals surface area contributed by atoms with Crippen LogP contribution in [0.3, 0.4) is 0 Å². The lowest BCUT2D eigenvalue weighted by molar-refractivity contribution is 0.101. The van der Waals surface area contributed by atoms with Crippen molar-refractivity contribution in [2.24, 2.45) is 0 Å². The van der Waals surface area contributed by atoms with E-state index in [1.807, 2.05) is 113 Å². The summed E-state index contributed by atoms with van der Waals surface area (Å²) in [6.07, 6.45) is 0. The fourth-order valence-corrected chi connectivity index (χ4v) is 9.59. The van der Waals surface area contributed by atoms with Gasteiger partial charge in [0.2, 0.25) is 20.0 Å². The molecule has 0 aromatic heterocycles. The maximum absolute atomic E-state index is 13.5. The van der Waals surface area contributed by atoms with Gasteiger partial charge in [-0.2, -0.15) is 8.61 Å². The molecule has 0 aliphatic rings. The van der Waals surface area contributed by atoms with Crippen LogP contribution >= 0.6 is 0 Å². The first kappa shape index (κ1) is 41.7. The lowest BCUT2D eigenvalue weighted by atomic mass is 10.0. The number of hydrogen-bond donors (Lipinski definition) is 2.